The minimum atomic E-state index is -0.541. The lowest BCUT2D eigenvalue weighted by Crippen LogP contribution is -2.35. The molecule has 0 radical (unpaired) electrons. The van der Waals surface area contributed by atoms with Crippen molar-refractivity contribution in [3.05, 3.63) is 37.0 Å². The molecule has 0 aliphatic carbocycles. The molecule has 0 unspecified atom stereocenters. The Bertz CT molecular complexity index is 393. The molecule has 0 atom stereocenters. The molecule has 0 rings (SSSR count). The highest BCUT2D eigenvalue weighted by atomic mass is 16.6. The first kappa shape index (κ1) is 22.2. The van der Waals surface area contributed by atoms with E-state index in [0.717, 1.165) is 5.57 Å². The molecule has 22 heavy (non-hydrogen) atoms. The summed E-state index contributed by atoms with van der Waals surface area (Å²) in [4.78, 5) is 22.9. The van der Waals surface area contributed by atoms with Crippen LogP contribution < -0.4 is 10.6 Å². The molecule has 126 valence electrons. The van der Waals surface area contributed by atoms with Crippen molar-refractivity contribution in [2.45, 2.75) is 46.6 Å². The molecule has 2 N–H and O–H groups in total. The summed E-state index contributed by atoms with van der Waals surface area (Å²) in [5.74, 6) is -0.155. The predicted octanol–water partition coefficient (Wildman–Crippen LogP) is 3.34. The van der Waals surface area contributed by atoms with Gasteiger partial charge in [0, 0.05) is 19.5 Å². The van der Waals surface area contributed by atoms with Gasteiger partial charge in [-0.3, -0.25) is 4.79 Å². The minimum absolute atomic E-state index is 0.155. The fourth-order valence-corrected chi connectivity index (χ4v) is 1.23. The molecule has 0 aromatic heterocycles. The van der Waals surface area contributed by atoms with Crippen LogP contribution in [0, 0.1) is 0 Å². The Morgan fingerprint density at radius 2 is 1.73 bits per heavy atom. The number of nitrogens with one attached hydrogen (secondary N) is 2. The molecule has 2 amide bonds. The van der Waals surface area contributed by atoms with E-state index in [9.17, 15) is 9.59 Å². The van der Waals surface area contributed by atoms with Gasteiger partial charge in [-0.2, -0.15) is 0 Å². The molecule has 0 aliphatic heterocycles. The number of ether oxygens (including phenoxy) is 1. The van der Waals surface area contributed by atoms with Crippen LogP contribution in [0.2, 0.25) is 0 Å². The van der Waals surface area contributed by atoms with Gasteiger partial charge >= 0.3 is 6.09 Å². The van der Waals surface area contributed by atoms with Gasteiger partial charge in [0.25, 0.3) is 0 Å². The van der Waals surface area contributed by atoms with E-state index in [1.165, 1.54) is 0 Å². The zero-order valence-corrected chi connectivity index (χ0v) is 14.5. The van der Waals surface area contributed by atoms with E-state index in [-0.39, 0.29) is 18.9 Å². The lowest BCUT2D eigenvalue weighted by Gasteiger charge is -2.19. The van der Waals surface area contributed by atoms with E-state index in [4.69, 9.17) is 4.74 Å². The molecule has 0 aliphatic rings. The smallest absolute Gasteiger partial charge is 0.407 e. The first-order chi connectivity index (χ1) is 10.3. The molecule has 5 nitrogen and oxygen atoms in total. The van der Waals surface area contributed by atoms with Crippen molar-refractivity contribution in [2.75, 3.05) is 13.1 Å². The SMILES string of the molecule is C=C/C=C(\C=C)CNC(=O)CCNC(=O)OC(C)(C)C.CC. The van der Waals surface area contributed by atoms with E-state index >= 15 is 0 Å². The van der Waals surface area contributed by atoms with E-state index < -0.39 is 11.7 Å². The summed E-state index contributed by atoms with van der Waals surface area (Å²) in [5, 5.41) is 5.25. The number of hydrogen-bond donors (Lipinski definition) is 2. The van der Waals surface area contributed by atoms with Crippen molar-refractivity contribution in [2.24, 2.45) is 0 Å². The van der Waals surface area contributed by atoms with E-state index in [2.05, 4.69) is 23.8 Å². The number of carbonyl (C=O) groups is 2. The fourth-order valence-electron chi connectivity index (χ4n) is 1.23. The van der Waals surface area contributed by atoms with Crippen LogP contribution in [0.15, 0.2) is 37.0 Å². The first-order valence-corrected chi connectivity index (χ1v) is 7.46. The number of carbonyl (C=O) groups excluding carboxylic acids is 2. The molecular formula is C17H30N2O3. The van der Waals surface area contributed by atoms with Crippen LogP contribution in [0.4, 0.5) is 4.79 Å². The molecule has 0 spiro atoms. The van der Waals surface area contributed by atoms with Crippen molar-refractivity contribution in [1.82, 2.24) is 10.6 Å². The molecular weight excluding hydrogens is 280 g/mol. The Hall–Kier alpha value is -2.04. The lowest BCUT2D eigenvalue weighted by atomic mass is 10.2. The monoisotopic (exact) mass is 310 g/mol. The summed E-state index contributed by atoms with van der Waals surface area (Å²) in [5.41, 5.74) is 0.328. The highest BCUT2D eigenvalue weighted by Crippen LogP contribution is 2.06. The number of allylic oxidation sites excluding steroid dienone is 2. The molecule has 0 heterocycles. The summed E-state index contributed by atoms with van der Waals surface area (Å²) >= 11 is 0. The molecule has 0 bridgehead atoms. The largest absolute Gasteiger partial charge is 0.444 e. The average Bonchev–Trinajstić information content (AvgIpc) is 2.43. The van der Waals surface area contributed by atoms with Crippen LogP contribution >= 0.6 is 0 Å². The van der Waals surface area contributed by atoms with Crippen molar-refractivity contribution in [1.29, 1.82) is 0 Å². The minimum Gasteiger partial charge on any atom is -0.444 e. The standard InChI is InChI=1S/C15H24N2O3.C2H6/c1-6-8-12(7-2)11-17-13(18)9-10-16-14(19)20-15(3,4)5;1-2/h6-8H,1-2,9-11H2,3-5H3,(H,16,19)(H,17,18);1-2H3/b12-8+;. The van der Waals surface area contributed by atoms with Gasteiger partial charge < -0.3 is 15.4 Å². The summed E-state index contributed by atoms with van der Waals surface area (Å²) in [6.45, 7) is 17.2. The highest BCUT2D eigenvalue weighted by Gasteiger charge is 2.15. The van der Waals surface area contributed by atoms with Gasteiger partial charge in [0.05, 0.1) is 0 Å². The van der Waals surface area contributed by atoms with Crippen molar-refractivity contribution < 1.29 is 14.3 Å². The van der Waals surface area contributed by atoms with Gasteiger partial charge in [-0.1, -0.05) is 45.2 Å². The third-order valence-electron chi connectivity index (χ3n) is 2.10. The van der Waals surface area contributed by atoms with Gasteiger partial charge in [0.15, 0.2) is 0 Å². The maximum atomic E-state index is 11.5. The third-order valence-corrected chi connectivity index (χ3v) is 2.10. The van der Waals surface area contributed by atoms with Crippen LogP contribution in [-0.2, 0) is 9.53 Å². The summed E-state index contributed by atoms with van der Waals surface area (Å²) in [7, 11) is 0. The predicted molar refractivity (Wildman–Crippen MR) is 91.7 cm³/mol. The molecule has 0 saturated carbocycles. The second kappa shape index (κ2) is 12.7. The third kappa shape index (κ3) is 14.4. The Morgan fingerprint density at radius 3 is 2.18 bits per heavy atom. The summed E-state index contributed by atoms with van der Waals surface area (Å²) in [6.07, 6.45) is 4.72. The average molecular weight is 310 g/mol. The second-order valence-corrected chi connectivity index (χ2v) is 5.14. The first-order valence-electron chi connectivity index (χ1n) is 7.46. The molecule has 5 heteroatoms. The van der Waals surface area contributed by atoms with Crippen molar-refractivity contribution >= 4 is 12.0 Å². The Labute approximate surface area is 134 Å². The van der Waals surface area contributed by atoms with Gasteiger partial charge in [-0.05, 0) is 26.3 Å². The van der Waals surface area contributed by atoms with Crippen LogP contribution in [0.1, 0.15) is 41.0 Å². The van der Waals surface area contributed by atoms with Crippen LogP contribution in [0.5, 0.6) is 0 Å². The van der Waals surface area contributed by atoms with Gasteiger partial charge in [0.1, 0.15) is 5.60 Å². The normalized spacial score (nSPS) is 10.7. The van der Waals surface area contributed by atoms with E-state index in [1.807, 2.05) is 13.8 Å². The highest BCUT2D eigenvalue weighted by molar-refractivity contribution is 5.77. The topological polar surface area (TPSA) is 67.4 Å². The molecule has 0 aromatic carbocycles. The Kier molecular flexibility index (Phi) is 12.8. The number of amides is 2. The number of rotatable bonds is 7. The van der Waals surface area contributed by atoms with Crippen LogP contribution in [-0.4, -0.2) is 30.7 Å². The van der Waals surface area contributed by atoms with Gasteiger partial charge in [-0.15, -0.1) is 0 Å². The van der Waals surface area contributed by atoms with Crippen molar-refractivity contribution in [3.63, 3.8) is 0 Å². The van der Waals surface area contributed by atoms with Crippen LogP contribution in [0.25, 0.3) is 0 Å². The second-order valence-electron chi connectivity index (χ2n) is 5.14. The lowest BCUT2D eigenvalue weighted by molar-refractivity contribution is -0.120. The quantitative estimate of drug-likeness (QED) is 0.709. The fraction of sp³-hybridized carbons (Fsp3) is 0.529. The molecule has 0 fully saturated rings. The maximum absolute atomic E-state index is 11.5. The maximum Gasteiger partial charge on any atom is 0.407 e. The molecule has 0 saturated heterocycles. The van der Waals surface area contributed by atoms with E-state index in [0.29, 0.717) is 6.54 Å². The number of hydrogen-bond acceptors (Lipinski definition) is 3. The summed E-state index contributed by atoms with van der Waals surface area (Å²) in [6, 6.07) is 0. The Morgan fingerprint density at radius 1 is 1.14 bits per heavy atom. The van der Waals surface area contributed by atoms with Crippen molar-refractivity contribution in [3.8, 4) is 0 Å². The van der Waals surface area contributed by atoms with Gasteiger partial charge in [-0.25, -0.2) is 4.79 Å². The molecule has 0 aromatic rings. The van der Waals surface area contributed by atoms with Gasteiger partial charge in [0.2, 0.25) is 5.91 Å². The zero-order valence-electron chi connectivity index (χ0n) is 14.5. The number of alkyl carbamates (subject to hydrolysis) is 1. The van der Waals surface area contributed by atoms with Crippen LogP contribution in [0.3, 0.4) is 0 Å². The Balaban J connectivity index is 0. The summed E-state index contributed by atoms with van der Waals surface area (Å²) < 4.78 is 5.05. The van der Waals surface area contributed by atoms with E-state index in [1.54, 1.807) is 39.0 Å². The zero-order chi connectivity index (χ0) is 17.6.